The van der Waals surface area contributed by atoms with E-state index in [1.807, 2.05) is 18.2 Å². The fourth-order valence-electron chi connectivity index (χ4n) is 3.11. The average molecular weight is 404 g/mol. The van der Waals surface area contributed by atoms with Crippen LogP contribution in [-0.2, 0) is 16.0 Å². The number of thiocarbonyl (C=S) groups is 1. The molecule has 0 amide bonds. The predicted octanol–water partition coefficient (Wildman–Crippen LogP) is 1.23. The number of ether oxygens (including phenoxy) is 2. The van der Waals surface area contributed by atoms with Crippen LogP contribution in [0, 0.1) is 0 Å². The molecule has 2 aliphatic rings. The van der Waals surface area contributed by atoms with Gasteiger partial charge in [0.05, 0.1) is 39.2 Å². The van der Waals surface area contributed by atoms with Crippen molar-refractivity contribution in [1.29, 1.82) is 0 Å². The van der Waals surface area contributed by atoms with Crippen molar-refractivity contribution in [2.75, 3.05) is 67.7 Å². The maximum absolute atomic E-state index is 5.46. The van der Waals surface area contributed by atoms with Crippen molar-refractivity contribution in [1.82, 2.24) is 15.3 Å². The third-order valence-electron chi connectivity index (χ3n) is 4.60. The smallest absolute Gasteiger partial charge is 0.232 e. The van der Waals surface area contributed by atoms with Gasteiger partial charge in [0, 0.05) is 32.2 Å². The molecule has 0 atom stereocenters. The molecule has 0 bridgehead atoms. The zero-order valence-corrected chi connectivity index (χ0v) is 16.4. The maximum atomic E-state index is 5.46. The van der Waals surface area contributed by atoms with E-state index in [0.717, 1.165) is 43.6 Å². The van der Waals surface area contributed by atoms with Crippen LogP contribution in [-0.4, -0.2) is 67.7 Å². The van der Waals surface area contributed by atoms with Gasteiger partial charge in [-0.2, -0.15) is 9.97 Å². The molecule has 4 rings (SSSR count). The molecule has 10 heteroatoms. The van der Waals surface area contributed by atoms with E-state index in [4.69, 9.17) is 26.1 Å². The molecular formula is C18H24N6O3S. The lowest BCUT2D eigenvalue weighted by Gasteiger charge is -2.31. The van der Waals surface area contributed by atoms with Gasteiger partial charge in [-0.1, -0.05) is 0 Å². The van der Waals surface area contributed by atoms with E-state index in [9.17, 15) is 0 Å². The minimum Gasteiger partial charge on any atom is -0.467 e. The number of aromatic nitrogens is 2. The summed E-state index contributed by atoms with van der Waals surface area (Å²) in [5, 5.41) is 6.66. The summed E-state index contributed by atoms with van der Waals surface area (Å²) < 4.78 is 16.2. The molecule has 2 fully saturated rings. The van der Waals surface area contributed by atoms with Crippen molar-refractivity contribution in [3.8, 4) is 0 Å². The fourth-order valence-corrected chi connectivity index (χ4v) is 3.28. The van der Waals surface area contributed by atoms with E-state index < -0.39 is 0 Å². The topological polar surface area (TPSA) is 87.9 Å². The summed E-state index contributed by atoms with van der Waals surface area (Å²) in [6, 6.07) is 5.76. The van der Waals surface area contributed by atoms with Gasteiger partial charge >= 0.3 is 0 Å². The van der Waals surface area contributed by atoms with Crippen molar-refractivity contribution >= 4 is 34.9 Å². The second kappa shape index (κ2) is 9.18. The van der Waals surface area contributed by atoms with Gasteiger partial charge in [0.15, 0.2) is 5.11 Å². The van der Waals surface area contributed by atoms with Gasteiger partial charge in [-0.25, -0.2) is 0 Å². The molecular weight excluding hydrogens is 380 g/mol. The molecule has 2 aromatic rings. The van der Waals surface area contributed by atoms with Gasteiger partial charge in [-0.05, 0) is 24.4 Å². The summed E-state index contributed by atoms with van der Waals surface area (Å²) in [5.74, 6) is 3.02. The van der Waals surface area contributed by atoms with Crippen LogP contribution < -0.4 is 20.4 Å². The van der Waals surface area contributed by atoms with Crippen LogP contribution >= 0.6 is 12.2 Å². The summed E-state index contributed by atoms with van der Waals surface area (Å²) in [5.41, 5.74) is 0. The number of furan rings is 1. The summed E-state index contributed by atoms with van der Waals surface area (Å²) >= 11 is 5.40. The Labute approximate surface area is 169 Å². The fraction of sp³-hybridized carbons (Fsp3) is 0.500. The number of anilines is 3. The third kappa shape index (κ3) is 4.89. The molecule has 2 saturated heterocycles. The van der Waals surface area contributed by atoms with Crippen LogP contribution in [0.1, 0.15) is 5.76 Å². The quantitative estimate of drug-likeness (QED) is 0.710. The molecule has 0 unspecified atom stereocenters. The summed E-state index contributed by atoms with van der Waals surface area (Å²) in [6.07, 6.45) is 1.64. The molecule has 2 aromatic heterocycles. The molecule has 4 heterocycles. The SMILES string of the molecule is S=C(NCc1ccco1)Nc1nc(N2CCOCC2)cc(N2CCOCC2)n1. The lowest BCUT2D eigenvalue weighted by atomic mass is 10.3. The lowest BCUT2D eigenvalue weighted by Crippen LogP contribution is -2.39. The van der Waals surface area contributed by atoms with Crippen molar-refractivity contribution < 1.29 is 13.9 Å². The number of morpholine rings is 2. The molecule has 0 aliphatic carbocycles. The van der Waals surface area contributed by atoms with Gasteiger partial charge in [0.1, 0.15) is 17.4 Å². The van der Waals surface area contributed by atoms with E-state index in [0.29, 0.717) is 44.0 Å². The highest BCUT2D eigenvalue weighted by Crippen LogP contribution is 2.23. The maximum Gasteiger partial charge on any atom is 0.232 e. The summed E-state index contributed by atoms with van der Waals surface area (Å²) in [6.45, 7) is 6.51. The number of hydrogen-bond donors (Lipinski definition) is 2. The molecule has 0 spiro atoms. The van der Waals surface area contributed by atoms with Gasteiger partial charge in [-0.15, -0.1) is 0 Å². The number of hydrogen-bond acceptors (Lipinski definition) is 8. The Hall–Kier alpha value is -2.43. The van der Waals surface area contributed by atoms with Crippen molar-refractivity contribution in [2.45, 2.75) is 6.54 Å². The first-order valence-electron chi connectivity index (χ1n) is 9.40. The minimum atomic E-state index is 0.448. The molecule has 0 saturated carbocycles. The Morgan fingerprint density at radius 2 is 1.61 bits per heavy atom. The Bertz CT molecular complexity index is 739. The number of nitrogens with one attached hydrogen (secondary N) is 2. The Kier molecular flexibility index (Phi) is 6.20. The molecule has 9 nitrogen and oxygen atoms in total. The molecule has 150 valence electrons. The standard InChI is InChI=1S/C18H24N6O3S/c28-18(19-13-14-2-1-7-27-14)22-17-20-15(23-3-8-25-9-4-23)12-16(21-17)24-5-10-26-11-6-24/h1-2,7,12H,3-6,8-11,13H2,(H2,19,20,21,22,28). The number of nitrogens with zero attached hydrogens (tertiary/aromatic N) is 4. The van der Waals surface area contributed by atoms with Crippen molar-refractivity contribution in [2.24, 2.45) is 0 Å². The third-order valence-corrected chi connectivity index (χ3v) is 4.84. The van der Waals surface area contributed by atoms with Crippen molar-refractivity contribution in [3.05, 3.63) is 30.2 Å². The molecule has 2 N–H and O–H groups in total. The van der Waals surface area contributed by atoms with Crippen molar-refractivity contribution in [3.63, 3.8) is 0 Å². The largest absolute Gasteiger partial charge is 0.467 e. The van der Waals surface area contributed by atoms with Crippen LogP contribution in [0.15, 0.2) is 28.9 Å². The van der Waals surface area contributed by atoms with E-state index in [2.05, 4.69) is 30.4 Å². The zero-order valence-electron chi connectivity index (χ0n) is 15.6. The van der Waals surface area contributed by atoms with E-state index in [-0.39, 0.29) is 0 Å². The molecule has 0 aromatic carbocycles. The second-order valence-corrected chi connectivity index (χ2v) is 6.90. The van der Waals surface area contributed by atoms with Crippen LogP contribution in [0.4, 0.5) is 17.6 Å². The zero-order chi connectivity index (χ0) is 19.2. The first-order chi connectivity index (χ1) is 13.8. The summed E-state index contributed by atoms with van der Waals surface area (Å²) in [7, 11) is 0. The van der Waals surface area contributed by atoms with Gasteiger partial charge in [-0.3, -0.25) is 0 Å². The minimum absolute atomic E-state index is 0.448. The lowest BCUT2D eigenvalue weighted by molar-refractivity contribution is 0.122. The van der Waals surface area contributed by atoms with Gasteiger partial charge in [0.2, 0.25) is 5.95 Å². The number of rotatable bonds is 5. The highest BCUT2D eigenvalue weighted by Gasteiger charge is 2.19. The van der Waals surface area contributed by atoms with Crippen LogP contribution in [0.5, 0.6) is 0 Å². The van der Waals surface area contributed by atoms with Crippen LogP contribution in [0.3, 0.4) is 0 Å². The Morgan fingerprint density at radius 3 is 2.14 bits per heavy atom. The Balaban J connectivity index is 1.49. The molecule has 2 aliphatic heterocycles. The normalized spacial score (nSPS) is 17.4. The second-order valence-electron chi connectivity index (χ2n) is 6.49. The monoisotopic (exact) mass is 404 g/mol. The first kappa shape index (κ1) is 18.9. The average Bonchev–Trinajstić information content (AvgIpc) is 3.27. The van der Waals surface area contributed by atoms with E-state index in [1.165, 1.54) is 0 Å². The van der Waals surface area contributed by atoms with E-state index >= 15 is 0 Å². The molecule has 0 radical (unpaired) electrons. The van der Waals surface area contributed by atoms with E-state index in [1.54, 1.807) is 6.26 Å². The van der Waals surface area contributed by atoms with Gasteiger partial charge < -0.3 is 34.3 Å². The van der Waals surface area contributed by atoms with Crippen LogP contribution in [0.25, 0.3) is 0 Å². The first-order valence-corrected chi connectivity index (χ1v) is 9.80. The Morgan fingerprint density at radius 1 is 1.00 bits per heavy atom. The molecule has 28 heavy (non-hydrogen) atoms. The highest BCUT2D eigenvalue weighted by atomic mass is 32.1. The summed E-state index contributed by atoms with van der Waals surface area (Å²) in [4.78, 5) is 13.8. The van der Waals surface area contributed by atoms with Gasteiger partial charge in [0.25, 0.3) is 0 Å². The predicted molar refractivity (Wildman–Crippen MR) is 110 cm³/mol. The van der Waals surface area contributed by atoms with Crippen LogP contribution in [0.2, 0.25) is 0 Å². The highest BCUT2D eigenvalue weighted by molar-refractivity contribution is 7.80.